The summed E-state index contributed by atoms with van der Waals surface area (Å²) in [6, 6.07) is -0.103. The lowest BCUT2D eigenvalue weighted by molar-refractivity contribution is -0.182. The predicted molar refractivity (Wildman–Crippen MR) is 63.4 cm³/mol. The van der Waals surface area contributed by atoms with Crippen molar-refractivity contribution in [2.45, 2.75) is 44.8 Å². The number of aromatic nitrogens is 2. The molecule has 1 N–H and O–H groups in total. The summed E-state index contributed by atoms with van der Waals surface area (Å²) in [4.78, 5) is 0. The molecule has 1 aliphatic carbocycles. The first-order chi connectivity index (χ1) is 8.36. The molecule has 0 radical (unpaired) electrons. The number of alkyl halides is 3. The molecule has 3 nitrogen and oxygen atoms in total. The van der Waals surface area contributed by atoms with Gasteiger partial charge in [-0.15, -0.1) is 0 Å². The van der Waals surface area contributed by atoms with Crippen LogP contribution in [0, 0.1) is 12.8 Å². The SMILES string of the molecule is Cc1nn(C)cc1NC1CCCC(C(F)(F)F)C1. The molecule has 2 atom stereocenters. The maximum Gasteiger partial charge on any atom is 0.391 e. The lowest BCUT2D eigenvalue weighted by atomic mass is 9.85. The highest BCUT2D eigenvalue weighted by Crippen LogP contribution is 2.38. The maximum atomic E-state index is 12.7. The third-order valence-corrected chi connectivity index (χ3v) is 3.51. The molecule has 1 aliphatic rings. The minimum atomic E-state index is -4.07. The number of rotatable bonds is 2. The van der Waals surface area contributed by atoms with Crippen molar-refractivity contribution in [3.05, 3.63) is 11.9 Å². The highest BCUT2D eigenvalue weighted by atomic mass is 19.4. The zero-order chi connectivity index (χ0) is 13.3. The first-order valence-corrected chi connectivity index (χ1v) is 6.19. The van der Waals surface area contributed by atoms with Crippen LogP contribution in [0.5, 0.6) is 0 Å². The van der Waals surface area contributed by atoms with Gasteiger partial charge in [0.25, 0.3) is 0 Å². The van der Waals surface area contributed by atoms with Gasteiger partial charge in [0.05, 0.1) is 17.3 Å². The Labute approximate surface area is 104 Å². The Hall–Kier alpha value is -1.20. The first kappa shape index (κ1) is 13.2. The number of hydrogen-bond acceptors (Lipinski definition) is 2. The molecule has 0 aromatic carbocycles. The van der Waals surface area contributed by atoms with Gasteiger partial charge in [0.2, 0.25) is 0 Å². The lowest BCUT2D eigenvalue weighted by Gasteiger charge is -2.31. The van der Waals surface area contributed by atoms with Crippen molar-refractivity contribution < 1.29 is 13.2 Å². The molecule has 1 aromatic heterocycles. The zero-order valence-corrected chi connectivity index (χ0v) is 10.6. The van der Waals surface area contributed by atoms with Gasteiger partial charge in [0, 0.05) is 19.3 Å². The second-order valence-corrected chi connectivity index (χ2v) is 5.05. The molecule has 1 aromatic rings. The van der Waals surface area contributed by atoms with Gasteiger partial charge >= 0.3 is 6.18 Å². The van der Waals surface area contributed by atoms with E-state index in [0.717, 1.165) is 17.8 Å². The van der Waals surface area contributed by atoms with Crippen molar-refractivity contribution in [2.24, 2.45) is 13.0 Å². The van der Waals surface area contributed by atoms with Gasteiger partial charge in [-0.1, -0.05) is 6.42 Å². The van der Waals surface area contributed by atoms with Gasteiger partial charge in [-0.2, -0.15) is 18.3 Å². The van der Waals surface area contributed by atoms with Crippen LogP contribution >= 0.6 is 0 Å². The molecule has 0 saturated heterocycles. The standard InChI is InChI=1S/C12H18F3N3/c1-8-11(7-18(2)17-8)16-10-5-3-4-9(6-10)12(13,14)15/h7,9-10,16H,3-6H2,1-2H3. The maximum absolute atomic E-state index is 12.7. The third kappa shape index (κ3) is 2.97. The fourth-order valence-corrected chi connectivity index (χ4v) is 2.58. The quantitative estimate of drug-likeness (QED) is 0.885. The molecule has 0 spiro atoms. The molecule has 0 bridgehead atoms. The van der Waals surface area contributed by atoms with Crippen molar-refractivity contribution in [2.75, 3.05) is 5.32 Å². The van der Waals surface area contributed by atoms with Crippen LogP contribution in [0.3, 0.4) is 0 Å². The van der Waals surface area contributed by atoms with E-state index in [-0.39, 0.29) is 18.9 Å². The summed E-state index contributed by atoms with van der Waals surface area (Å²) in [5.41, 5.74) is 1.66. The van der Waals surface area contributed by atoms with Gasteiger partial charge in [0.1, 0.15) is 0 Å². The van der Waals surface area contributed by atoms with E-state index in [1.807, 2.05) is 13.1 Å². The van der Waals surface area contributed by atoms with Crippen LogP contribution in [0.1, 0.15) is 31.4 Å². The molecule has 0 aliphatic heterocycles. The lowest BCUT2D eigenvalue weighted by Crippen LogP contribution is -2.34. The molecule has 102 valence electrons. The van der Waals surface area contributed by atoms with E-state index in [9.17, 15) is 13.2 Å². The fourth-order valence-electron chi connectivity index (χ4n) is 2.58. The Morgan fingerprint density at radius 3 is 2.67 bits per heavy atom. The van der Waals surface area contributed by atoms with Gasteiger partial charge in [-0.25, -0.2) is 0 Å². The molecule has 18 heavy (non-hydrogen) atoms. The second kappa shape index (κ2) is 4.82. The van der Waals surface area contributed by atoms with Crippen LogP contribution in [0.4, 0.5) is 18.9 Å². The summed E-state index contributed by atoms with van der Waals surface area (Å²) in [6.07, 6.45) is -0.412. The minimum absolute atomic E-state index is 0.103. The molecule has 1 saturated carbocycles. The van der Waals surface area contributed by atoms with Crippen LogP contribution in [-0.2, 0) is 7.05 Å². The molecule has 6 heteroatoms. The number of anilines is 1. The van der Waals surface area contributed by atoms with Crippen molar-refractivity contribution in [3.8, 4) is 0 Å². The van der Waals surface area contributed by atoms with E-state index < -0.39 is 12.1 Å². The Balaban J connectivity index is 2.00. The largest absolute Gasteiger partial charge is 0.391 e. The highest BCUT2D eigenvalue weighted by Gasteiger charge is 2.42. The van der Waals surface area contributed by atoms with Crippen LogP contribution in [0.25, 0.3) is 0 Å². The Morgan fingerprint density at radius 1 is 1.39 bits per heavy atom. The van der Waals surface area contributed by atoms with E-state index in [4.69, 9.17) is 0 Å². The normalized spacial score (nSPS) is 25.2. The van der Waals surface area contributed by atoms with Crippen molar-refractivity contribution in [3.63, 3.8) is 0 Å². The average Bonchev–Trinajstić information content (AvgIpc) is 2.56. The van der Waals surface area contributed by atoms with Gasteiger partial charge in [-0.05, 0) is 26.2 Å². The molecule has 2 rings (SSSR count). The Kier molecular flexibility index (Phi) is 3.54. The summed E-state index contributed by atoms with van der Waals surface area (Å²) >= 11 is 0. The topological polar surface area (TPSA) is 29.9 Å². The van der Waals surface area contributed by atoms with Crippen molar-refractivity contribution in [1.29, 1.82) is 0 Å². The summed E-state index contributed by atoms with van der Waals surface area (Å²) < 4.78 is 39.7. The molecule has 0 amide bonds. The molecular weight excluding hydrogens is 243 g/mol. The van der Waals surface area contributed by atoms with Gasteiger partial charge in [0.15, 0.2) is 0 Å². The Bertz CT molecular complexity index is 411. The van der Waals surface area contributed by atoms with E-state index in [0.29, 0.717) is 6.42 Å². The third-order valence-electron chi connectivity index (χ3n) is 3.51. The van der Waals surface area contributed by atoms with Crippen LogP contribution < -0.4 is 5.32 Å². The fraction of sp³-hybridized carbons (Fsp3) is 0.750. The number of hydrogen-bond donors (Lipinski definition) is 1. The van der Waals surface area contributed by atoms with Crippen molar-refractivity contribution in [1.82, 2.24) is 9.78 Å². The zero-order valence-electron chi connectivity index (χ0n) is 10.6. The number of aryl methyl sites for hydroxylation is 2. The highest BCUT2D eigenvalue weighted by molar-refractivity contribution is 5.46. The van der Waals surface area contributed by atoms with E-state index in [1.165, 1.54) is 0 Å². The van der Waals surface area contributed by atoms with Gasteiger partial charge in [-0.3, -0.25) is 4.68 Å². The molecule has 1 fully saturated rings. The minimum Gasteiger partial charge on any atom is -0.380 e. The Morgan fingerprint density at radius 2 is 2.11 bits per heavy atom. The monoisotopic (exact) mass is 261 g/mol. The van der Waals surface area contributed by atoms with Crippen LogP contribution in [0.15, 0.2) is 6.20 Å². The molecular formula is C12H18F3N3. The van der Waals surface area contributed by atoms with Crippen molar-refractivity contribution >= 4 is 5.69 Å². The molecule has 2 unspecified atom stereocenters. The smallest absolute Gasteiger partial charge is 0.380 e. The number of nitrogens with zero attached hydrogens (tertiary/aromatic N) is 2. The van der Waals surface area contributed by atoms with Gasteiger partial charge < -0.3 is 5.32 Å². The first-order valence-electron chi connectivity index (χ1n) is 6.19. The molecule has 1 heterocycles. The summed E-state index contributed by atoms with van der Waals surface area (Å²) in [5.74, 6) is -1.17. The summed E-state index contributed by atoms with van der Waals surface area (Å²) in [6.45, 7) is 1.85. The average molecular weight is 261 g/mol. The number of nitrogens with one attached hydrogen (secondary N) is 1. The van der Waals surface area contributed by atoms with E-state index >= 15 is 0 Å². The van der Waals surface area contributed by atoms with Crippen LogP contribution in [0.2, 0.25) is 0 Å². The van der Waals surface area contributed by atoms with E-state index in [1.54, 1.807) is 11.7 Å². The van der Waals surface area contributed by atoms with E-state index in [2.05, 4.69) is 10.4 Å². The summed E-state index contributed by atoms with van der Waals surface area (Å²) in [5, 5.41) is 7.36. The van der Waals surface area contributed by atoms with Crippen LogP contribution in [-0.4, -0.2) is 22.0 Å². The second-order valence-electron chi connectivity index (χ2n) is 5.05. The summed E-state index contributed by atoms with van der Waals surface area (Å²) in [7, 11) is 1.80. The number of halogens is 3. The predicted octanol–water partition coefficient (Wildman–Crippen LogP) is 3.26.